The van der Waals surface area contributed by atoms with Gasteiger partial charge in [0.2, 0.25) is 5.78 Å². The van der Waals surface area contributed by atoms with Crippen molar-refractivity contribution in [3.8, 4) is 0 Å². The molecule has 34 heavy (non-hydrogen) atoms. The van der Waals surface area contributed by atoms with Crippen LogP contribution >= 0.6 is 0 Å². The maximum absolute atomic E-state index is 12.8. The molecule has 1 aliphatic rings. The average Bonchev–Trinajstić information content (AvgIpc) is 2.90. The summed E-state index contributed by atoms with van der Waals surface area (Å²) >= 11 is 0. The van der Waals surface area contributed by atoms with Crippen LogP contribution in [0.4, 0.5) is 0 Å². The minimum absolute atomic E-state index is 0.152. The van der Waals surface area contributed by atoms with E-state index in [1.54, 1.807) is 7.11 Å². The second-order valence-corrected chi connectivity index (χ2v) is 7.83. The van der Waals surface area contributed by atoms with Crippen molar-refractivity contribution >= 4 is 29.2 Å². The number of allylic oxidation sites excluding steroid dienone is 3. The summed E-state index contributed by atoms with van der Waals surface area (Å²) in [5.74, 6) is -0.831. The van der Waals surface area contributed by atoms with Gasteiger partial charge in [-0.1, -0.05) is 66.7 Å². The van der Waals surface area contributed by atoms with Crippen LogP contribution in [0.3, 0.4) is 0 Å². The summed E-state index contributed by atoms with van der Waals surface area (Å²) in [5, 5.41) is 24.8. The van der Waals surface area contributed by atoms with Crippen LogP contribution in [0.5, 0.6) is 0 Å². The van der Waals surface area contributed by atoms with Gasteiger partial charge in [0.05, 0.1) is 24.5 Å². The molecule has 7 nitrogen and oxygen atoms in total. The average molecular weight is 458 g/mol. The molecule has 0 radical (unpaired) electrons. The van der Waals surface area contributed by atoms with Crippen LogP contribution < -0.4 is 0 Å². The van der Waals surface area contributed by atoms with E-state index in [9.17, 15) is 15.0 Å². The van der Waals surface area contributed by atoms with Gasteiger partial charge < -0.3 is 20.3 Å². The SMILES string of the molecule is COC1=CCC(C(C(=N)C(=N)C(=O)COCC(=O)C=N)(c2ccccc2)c2ccccc2)C=C1. The number of nitrogens with one attached hydrogen (secondary N) is 3. The summed E-state index contributed by atoms with van der Waals surface area (Å²) in [6, 6.07) is 18.9. The molecular weight excluding hydrogens is 430 g/mol. The molecule has 1 unspecified atom stereocenters. The molecule has 0 amide bonds. The molecule has 174 valence electrons. The molecule has 0 saturated carbocycles. The fourth-order valence-electron chi connectivity index (χ4n) is 4.24. The lowest BCUT2D eigenvalue weighted by atomic mass is 9.60. The summed E-state index contributed by atoms with van der Waals surface area (Å²) in [6.45, 7) is -0.941. The second kappa shape index (κ2) is 11.2. The first-order valence-electron chi connectivity index (χ1n) is 10.8. The lowest BCUT2D eigenvalue weighted by Gasteiger charge is -2.42. The van der Waals surface area contributed by atoms with Gasteiger partial charge in [-0.15, -0.1) is 0 Å². The molecule has 0 bridgehead atoms. The van der Waals surface area contributed by atoms with Gasteiger partial charge in [-0.3, -0.25) is 15.0 Å². The third kappa shape index (κ3) is 5.00. The number of rotatable bonds is 12. The molecule has 3 N–H and O–H groups in total. The third-order valence-corrected chi connectivity index (χ3v) is 5.88. The molecule has 2 aromatic carbocycles. The molecule has 0 saturated heterocycles. The number of Topliss-reactive ketones (excluding diaryl/α,β-unsaturated/α-hetero) is 2. The van der Waals surface area contributed by atoms with Gasteiger partial charge in [0.15, 0.2) is 5.78 Å². The van der Waals surface area contributed by atoms with E-state index < -0.39 is 35.9 Å². The quantitative estimate of drug-likeness (QED) is 0.418. The van der Waals surface area contributed by atoms with E-state index >= 15 is 0 Å². The molecule has 1 atom stereocenters. The van der Waals surface area contributed by atoms with E-state index in [1.807, 2.05) is 78.9 Å². The molecule has 0 aromatic heterocycles. The lowest BCUT2D eigenvalue weighted by Crippen LogP contribution is -2.49. The van der Waals surface area contributed by atoms with Crippen molar-refractivity contribution in [1.82, 2.24) is 0 Å². The first-order valence-corrected chi connectivity index (χ1v) is 10.8. The largest absolute Gasteiger partial charge is 0.497 e. The maximum atomic E-state index is 12.8. The fraction of sp³-hybridized carbons (Fsp3) is 0.222. The summed E-state index contributed by atoms with van der Waals surface area (Å²) in [7, 11) is 1.60. The van der Waals surface area contributed by atoms with Crippen LogP contribution in [0, 0.1) is 22.1 Å². The molecule has 0 spiro atoms. The first-order chi connectivity index (χ1) is 16.4. The molecule has 0 heterocycles. The topological polar surface area (TPSA) is 124 Å². The van der Waals surface area contributed by atoms with Crippen molar-refractivity contribution in [2.45, 2.75) is 11.8 Å². The van der Waals surface area contributed by atoms with Crippen molar-refractivity contribution in [3.63, 3.8) is 0 Å². The highest BCUT2D eigenvalue weighted by Crippen LogP contribution is 2.44. The van der Waals surface area contributed by atoms with Gasteiger partial charge >= 0.3 is 0 Å². The summed E-state index contributed by atoms with van der Waals surface area (Å²) < 4.78 is 10.4. The zero-order valence-electron chi connectivity index (χ0n) is 18.9. The smallest absolute Gasteiger partial charge is 0.207 e. The van der Waals surface area contributed by atoms with Crippen LogP contribution in [0.1, 0.15) is 17.5 Å². The van der Waals surface area contributed by atoms with Crippen LogP contribution in [0.15, 0.2) is 84.7 Å². The van der Waals surface area contributed by atoms with Gasteiger partial charge in [0, 0.05) is 5.92 Å². The zero-order chi connectivity index (χ0) is 24.6. The normalized spacial score (nSPS) is 15.2. The van der Waals surface area contributed by atoms with E-state index in [0.29, 0.717) is 18.4 Å². The number of carbonyl (C=O) groups excluding carboxylic acids is 2. The van der Waals surface area contributed by atoms with E-state index in [2.05, 4.69) is 0 Å². The monoisotopic (exact) mass is 457 g/mol. The minimum Gasteiger partial charge on any atom is -0.497 e. The fourth-order valence-corrected chi connectivity index (χ4v) is 4.24. The van der Waals surface area contributed by atoms with Gasteiger partial charge in [-0.2, -0.15) is 0 Å². The van der Waals surface area contributed by atoms with Gasteiger partial charge in [-0.25, -0.2) is 0 Å². The van der Waals surface area contributed by atoms with Crippen molar-refractivity contribution in [1.29, 1.82) is 16.2 Å². The second-order valence-electron chi connectivity index (χ2n) is 7.83. The highest BCUT2D eigenvalue weighted by atomic mass is 16.5. The number of benzene rings is 2. The number of hydrogen-bond acceptors (Lipinski definition) is 7. The Bertz CT molecular complexity index is 1100. The molecule has 2 aromatic rings. The molecule has 1 aliphatic carbocycles. The predicted molar refractivity (Wildman–Crippen MR) is 131 cm³/mol. The standard InChI is InChI=1S/C27H27N3O4/c1-33-23-14-12-21(13-15-23)27(19-8-4-2-5-9-19,20-10-6-3-7-11-20)26(30)25(29)24(32)18-34-17-22(31)16-28/h2-12,14-16,21,28-30H,13,17-18H2,1H3. The first kappa shape index (κ1) is 24.7. The van der Waals surface area contributed by atoms with Gasteiger partial charge in [-0.05, 0) is 29.7 Å². The van der Waals surface area contributed by atoms with Crippen molar-refractivity contribution in [2.75, 3.05) is 20.3 Å². The Morgan fingerprint density at radius 3 is 2.06 bits per heavy atom. The van der Waals surface area contributed by atoms with E-state index in [1.165, 1.54) is 0 Å². The minimum atomic E-state index is -1.12. The Kier molecular flexibility index (Phi) is 8.16. The van der Waals surface area contributed by atoms with E-state index in [0.717, 1.165) is 11.1 Å². The van der Waals surface area contributed by atoms with Crippen LogP contribution in [0.25, 0.3) is 0 Å². The maximum Gasteiger partial charge on any atom is 0.207 e. The zero-order valence-corrected chi connectivity index (χ0v) is 18.9. The number of ether oxygens (including phenoxy) is 2. The Morgan fingerprint density at radius 1 is 1.00 bits per heavy atom. The molecule has 7 heteroatoms. The number of ketones is 2. The van der Waals surface area contributed by atoms with Crippen LogP contribution in [-0.4, -0.2) is 49.5 Å². The molecule has 0 aliphatic heterocycles. The molecule has 0 fully saturated rings. The highest BCUT2D eigenvalue weighted by molar-refractivity contribution is 6.68. The summed E-state index contributed by atoms with van der Waals surface area (Å²) in [5.41, 5.74) is -0.183. The van der Waals surface area contributed by atoms with Gasteiger partial charge in [0.25, 0.3) is 0 Å². The molecular formula is C27H27N3O4. The van der Waals surface area contributed by atoms with Crippen LogP contribution in [-0.2, 0) is 24.5 Å². The lowest BCUT2D eigenvalue weighted by molar-refractivity contribution is -0.121. The number of carbonyl (C=O) groups is 2. The van der Waals surface area contributed by atoms with E-state index in [4.69, 9.17) is 20.3 Å². The summed E-state index contributed by atoms with van der Waals surface area (Å²) in [6.07, 6.45) is 6.91. The number of hydrogen-bond donors (Lipinski definition) is 3. The van der Waals surface area contributed by atoms with Crippen LogP contribution in [0.2, 0.25) is 0 Å². The van der Waals surface area contributed by atoms with E-state index in [-0.39, 0.29) is 11.6 Å². The Morgan fingerprint density at radius 2 is 1.59 bits per heavy atom. The van der Waals surface area contributed by atoms with Crippen molar-refractivity contribution < 1.29 is 19.1 Å². The predicted octanol–water partition coefficient (Wildman–Crippen LogP) is 3.92. The Balaban J connectivity index is 2.08. The number of methoxy groups -OCH3 is 1. The third-order valence-electron chi connectivity index (χ3n) is 5.88. The van der Waals surface area contributed by atoms with Crippen molar-refractivity contribution in [2.24, 2.45) is 5.92 Å². The van der Waals surface area contributed by atoms with Gasteiger partial charge in [0.1, 0.15) is 24.7 Å². The molecule has 3 rings (SSSR count). The Labute approximate surface area is 198 Å². The highest BCUT2D eigenvalue weighted by Gasteiger charge is 2.47. The van der Waals surface area contributed by atoms with Crippen molar-refractivity contribution in [3.05, 3.63) is 95.8 Å². The Hall–Kier alpha value is -3.97. The summed E-state index contributed by atoms with van der Waals surface area (Å²) in [4.78, 5) is 24.1.